The predicted molar refractivity (Wildman–Crippen MR) is 78.7 cm³/mol. The van der Waals surface area contributed by atoms with Crippen LogP contribution < -0.4 is 14.9 Å². The van der Waals surface area contributed by atoms with E-state index in [-0.39, 0.29) is 11.3 Å². The zero-order chi connectivity index (χ0) is 15.9. The highest BCUT2D eigenvalue weighted by molar-refractivity contribution is 7.84. The van der Waals surface area contributed by atoms with E-state index in [1.54, 1.807) is 6.07 Å². The van der Waals surface area contributed by atoms with Crippen molar-refractivity contribution >= 4 is 21.3 Å². The van der Waals surface area contributed by atoms with E-state index < -0.39 is 22.0 Å². The van der Waals surface area contributed by atoms with Crippen LogP contribution in [0.5, 0.6) is 5.75 Å². The van der Waals surface area contributed by atoms with Crippen molar-refractivity contribution in [2.75, 3.05) is 0 Å². The minimum Gasteiger partial charge on any atom is -0.422 e. The lowest BCUT2D eigenvalue weighted by atomic mass is 9.98. The Morgan fingerprint density at radius 3 is 2.82 bits per heavy atom. The lowest BCUT2D eigenvalue weighted by molar-refractivity contribution is 0.167. The Labute approximate surface area is 126 Å². The predicted octanol–water partition coefficient (Wildman–Crippen LogP) is 1.14. The van der Waals surface area contributed by atoms with Crippen molar-refractivity contribution < 1.29 is 22.1 Å². The van der Waals surface area contributed by atoms with Crippen LogP contribution in [0.4, 0.5) is 0 Å². The molecule has 1 aromatic carbocycles. The fourth-order valence-corrected chi connectivity index (χ4v) is 3.20. The van der Waals surface area contributed by atoms with Crippen LogP contribution in [0.15, 0.2) is 27.4 Å². The van der Waals surface area contributed by atoms with Gasteiger partial charge < -0.3 is 13.7 Å². The van der Waals surface area contributed by atoms with Crippen molar-refractivity contribution in [1.82, 2.24) is 0 Å². The second-order valence-corrected chi connectivity index (χ2v) is 6.43. The molecular weight excluding hydrogens is 310 g/mol. The molecule has 0 radical (unpaired) electrons. The highest BCUT2D eigenvalue weighted by Crippen LogP contribution is 2.34. The highest BCUT2D eigenvalue weighted by atomic mass is 32.2. The van der Waals surface area contributed by atoms with Crippen LogP contribution >= 0.6 is 0 Å². The number of aliphatic hydroxyl groups is 1. The summed E-state index contributed by atoms with van der Waals surface area (Å²) in [6, 6.07) is 4.25. The molecule has 0 bridgehead atoms. The van der Waals surface area contributed by atoms with E-state index in [4.69, 9.17) is 9.56 Å². The number of hydrogen-bond acceptors (Lipinski definition) is 6. The summed E-state index contributed by atoms with van der Waals surface area (Å²) in [5.74, 6) is -0.0544. The lowest BCUT2D eigenvalue weighted by Crippen LogP contribution is -2.19. The Bertz CT molecular complexity index is 886. The maximum atomic E-state index is 12.1. The van der Waals surface area contributed by atoms with Gasteiger partial charge in [0.15, 0.2) is 0 Å². The molecule has 1 aliphatic rings. The second kappa shape index (κ2) is 5.38. The summed E-state index contributed by atoms with van der Waals surface area (Å²) in [6.45, 7) is 0. The average Bonchev–Trinajstić information content (AvgIpc) is 2.60. The van der Waals surface area contributed by atoms with Gasteiger partial charge in [-0.25, -0.2) is 4.79 Å². The Hall–Kier alpha value is -1.90. The minimum atomic E-state index is -4.16. The first-order valence-corrected chi connectivity index (χ1v) is 8.32. The van der Waals surface area contributed by atoms with Gasteiger partial charge in [0, 0.05) is 22.6 Å². The van der Waals surface area contributed by atoms with Gasteiger partial charge in [0.25, 0.3) is 0 Å². The molecule has 118 valence electrons. The number of fused-ring (bicyclic) bond motifs is 3. The molecule has 0 saturated heterocycles. The number of rotatable bonds is 2. The van der Waals surface area contributed by atoms with Crippen molar-refractivity contribution in [3.05, 3.63) is 39.7 Å². The molecule has 3 N–H and O–H groups in total. The molecule has 3 rings (SSSR count). The Kier molecular flexibility index (Phi) is 3.67. The van der Waals surface area contributed by atoms with Crippen molar-refractivity contribution in [2.45, 2.75) is 31.8 Å². The van der Waals surface area contributed by atoms with Gasteiger partial charge in [-0.1, -0.05) is 6.42 Å². The Balaban J connectivity index is 2.22. The molecule has 1 unspecified atom stereocenters. The normalized spacial score (nSPS) is 18.7. The lowest BCUT2D eigenvalue weighted by Gasteiger charge is -2.14. The van der Waals surface area contributed by atoms with Gasteiger partial charge in [0.2, 0.25) is 0 Å². The molecule has 0 spiro atoms. The number of nitrogens with two attached hydrogens (primary N) is 1. The monoisotopic (exact) mass is 325 g/mol. The van der Waals surface area contributed by atoms with E-state index in [0.29, 0.717) is 29.4 Å². The second-order valence-electron chi connectivity index (χ2n) is 5.28. The first kappa shape index (κ1) is 15.0. The largest absolute Gasteiger partial charge is 0.422 e. The van der Waals surface area contributed by atoms with Crippen LogP contribution in [-0.2, 0) is 16.7 Å². The van der Waals surface area contributed by atoms with E-state index >= 15 is 0 Å². The summed E-state index contributed by atoms with van der Waals surface area (Å²) in [7, 11) is -4.16. The summed E-state index contributed by atoms with van der Waals surface area (Å²) in [4.78, 5) is 12.1. The quantitative estimate of drug-likeness (QED) is 0.631. The SMILES string of the molecule is NS(=O)(=O)Oc1ccc2c3c(c(=O)oc2c1)CCCCC3O. The highest BCUT2D eigenvalue weighted by Gasteiger charge is 2.23. The summed E-state index contributed by atoms with van der Waals surface area (Å²) in [5.41, 5.74) is 0.686. The summed E-state index contributed by atoms with van der Waals surface area (Å²) in [6.07, 6.45) is 2.02. The maximum Gasteiger partial charge on any atom is 0.380 e. The smallest absolute Gasteiger partial charge is 0.380 e. The van der Waals surface area contributed by atoms with Gasteiger partial charge in [-0.05, 0) is 31.4 Å². The molecule has 8 heteroatoms. The van der Waals surface area contributed by atoms with Crippen molar-refractivity contribution in [3.63, 3.8) is 0 Å². The van der Waals surface area contributed by atoms with Crippen LogP contribution in [0.3, 0.4) is 0 Å². The number of aliphatic hydroxyl groups excluding tert-OH is 1. The third-order valence-corrected chi connectivity index (χ3v) is 4.14. The topological polar surface area (TPSA) is 120 Å². The molecule has 0 aliphatic heterocycles. The van der Waals surface area contributed by atoms with Gasteiger partial charge in [0.1, 0.15) is 11.3 Å². The molecule has 7 nitrogen and oxygen atoms in total. The van der Waals surface area contributed by atoms with Gasteiger partial charge in [0.05, 0.1) is 6.10 Å². The van der Waals surface area contributed by atoms with E-state index in [9.17, 15) is 18.3 Å². The molecule has 1 heterocycles. The molecule has 0 fully saturated rings. The first-order chi connectivity index (χ1) is 10.3. The fourth-order valence-electron chi connectivity index (χ4n) is 2.83. The molecule has 1 aromatic heterocycles. The summed E-state index contributed by atoms with van der Waals surface area (Å²) < 4.78 is 31.7. The number of hydrogen-bond donors (Lipinski definition) is 2. The van der Waals surface area contributed by atoms with Crippen LogP contribution in [0, 0.1) is 0 Å². The van der Waals surface area contributed by atoms with Crippen LogP contribution in [0.2, 0.25) is 0 Å². The van der Waals surface area contributed by atoms with Crippen LogP contribution in [0.25, 0.3) is 11.0 Å². The summed E-state index contributed by atoms with van der Waals surface area (Å²) in [5, 5.41) is 15.7. The molecular formula is C14H15NO6S. The third kappa shape index (κ3) is 2.85. The van der Waals surface area contributed by atoms with E-state index in [0.717, 1.165) is 12.8 Å². The van der Waals surface area contributed by atoms with Gasteiger partial charge in [-0.3, -0.25) is 0 Å². The van der Waals surface area contributed by atoms with Crippen LogP contribution in [-0.4, -0.2) is 13.5 Å². The number of benzene rings is 1. The molecule has 22 heavy (non-hydrogen) atoms. The molecule has 1 atom stereocenters. The zero-order valence-corrected chi connectivity index (χ0v) is 12.4. The molecule has 0 amide bonds. The molecule has 0 saturated carbocycles. The molecule has 2 aromatic rings. The van der Waals surface area contributed by atoms with E-state index in [2.05, 4.69) is 4.18 Å². The van der Waals surface area contributed by atoms with Crippen molar-refractivity contribution in [1.29, 1.82) is 0 Å². The van der Waals surface area contributed by atoms with Crippen molar-refractivity contribution in [2.24, 2.45) is 5.14 Å². The van der Waals surface area contributed by atoms with Crippen LogP contribution in [0.1, 0.15) is 36.5 Å². The average molecular weight is 325 g/mol. The Morgan fingerprint density at radius 1 is 1.32 bits per heavy atom. The van der Waals surface area contributed by atoms with Gasteiger partial charge >= 0.3 is 15.9 Å². The molecule has 1 aliphatic carbocycles. The van der Waals surface area contributed by atoms with Crippen molar-refractivity contribution in [3.8, 4) is 5.75 Å². The van der Waals surface area contributed by atoms with Gasteiger partial charge in [-0.15, -0.1) is 0 Å². The third-order valence-electron chi connectivity index (χ3n) is 3.72. The zero-order valence-electron chi connectivity index (χ0n) is 11.6. The van der Waals surface area contributed by atoms with Gasteiger partial charge in [-0.2, -0.15) is 13.6 Å². The summed E-state index contributed by atoms with van der Waals surface area (Å²) >= 11 is 0. The Morgan fingerprint density at radius 2 is 2.09 bits per heavy atom. The first-order valence-electron chi connectivity index (χ1n) is 6.85. The fraction of sp³-hybridized carbons (Fsp3) is 0.357. The standard InChI is InChI=1S/C14H15NO6S/c15-22(18,19)21-8-5-6-9-12(7-8)20-14(17)10-3-1-2-4-11(16)13(9)10/h5-7,11,16H,1-4H2,(H2,15,18,19). The maximum absolute atomic E-state index is 12.1. The van der Waals surface area contributed by atoms with E-state index in [1.165, 1.54) is 12.1 Å². The minimum absolute atomic E-state index is 0.0544. The van der Waals surface area contributed by atoms with E-state index in [1.807, 2.05) is 0 Å².